The van der Waals surface area contributed by atoms with Gasteiger partial charge in [0.2, 0.25) is 0 Å². The van der Waals surface area contributed by atoms with Gasteiger partial charge in [-0.1, -0.05) is 11.6 Å². The van der Waals surface area contributed by atoms with Crippen molar-refractivity contribution < 1.29 is 14.6 Å². The average molecular weight is 288 g/mol. The van der Waals surface area contributed by atoms with Crippen LogP contribution in [0.4, 0.5) is 5.82 Å². The quantitative estimate of drug-likeness (QED) is 0.705. The van der Waals surface area contributed by atoms with Crippen molar-refractivity contribution in [2.24, 2.45) is 0 Å². The van der Waals surface area contributed by atoms with Crippen molar-refractivity contribution in [1.29, 1.82) is 0 Å². The first kappa shape index (κ1) is 15.7. The van der Waals surface area contributed by atoms with E-state index in [0.717, 1.165) is 6.54 Å². The Morgan fingerprint density at radius 1 is 1.53 bits per heavy atom. The van der Waals surface area contributed by atoms with Gasteiger partial charge in [0.25, 0.3) is 0 Å². The minimum Gasteiger partial charge on any atom is -0.478 e. The summed E-state index contributed by atoms with van der Waals surface area (Å²) in [5.74, 6) is -0.713. The number of carboxylic acid groups (broad SMARTS) is 1. The first-order chi connectivity index (χ1) is 9.02. The largest absolute Gasteiger partial charge is 0.478 e. The number of hydrogen-bond donors (Lipinski definition) is 2. The molecule has 19 heavy (non-hydrogen) atoms. The van der Waals surface area contributed by atoms with Crippen molar-refractivity contribution in [2.45, 2.75) is 0 Å². The van der Waals surface area contributed by atoms with Crippen LogP contribution in [0.5, 0.6) is 0 Å². The highest BCUT2D eigenvalue weighted by molar-refractivity contribution is 6.35. The Labute approximate surface area is 117 Å². The van der Waals surface area contributed by atoms with Crippen LogP contribution in [0.15, 0.2) is 12.3 Å². The SMILES string of the molecule is CN(C)CCOCCNc1nccc(C(=O)O)c1Cl. The number of rotatable bonds is 8. The first-order valence-electron chi connectivity index (χ1n) is 5.86. The number of nitrogens with one attached hydrogen (secondary N) is 1. The van der Waals surface area contributed by atoms with Crippen LogP contribution in [-0.4, -0.2) is 61.4 Å². The molecule has 1 heterocycles. The summed E-state index contributed by atoms with van der Waals surface area (Å²) >= 11 is 5.93. The molecule has 7 heteroatoms. The van der Waals surface area contributed by atoms with E-state index in [2.05, 4.69) is 10.3 Å². The number of hydrogen-bond acceptors (Lipinski definition) is 5. The van der Waals surface area contributed by atoms with Gasteiger partial charge in [-0.05, 0) is 20.2 Å². The molecule has 0 aliphatic heterocycles. The van der Waals surface area contributed by atoms with Crippen LogP contribution >= 0.6 is 11.6 Å². The monoisotopic (exact) mass is 287 g/mol. The maximum Gasteiger partial charge on any atom is 0.337 e. The first-order valence-corrected chi connectivity index (χ1v) is 6.24. The van der Waals surface area contributed by atoms with Crippen LogP contribution in [0.3, 0.4) is 0 Å². The van der Waals surface area contributed by atoms with Gasteiger partial charge in [-0.15, -0.1) is 0 Å². The lowest BCUT2D eigenvalue weighted by atomic mass is 10.2. The van der Waals surface area contributed by atoms with E-state index in [1.165, 1.54) is 12.3 Å². The zero-order valence-electron chi connectivity index (χ0n) is 11.0. The van der Waals surface area contributed by atoms with E-state index in [0.29, 0.717) is 25.6 Å². The zero-order valence-corrected chi connectivity index (χ0v) is 11.8. The Morgan fingerprint density at radius 2 is 2.26 bits per heavy atom. The molecule has 0 aliphatic carbocycles. The molecule has 0 fully saturated rings. The predicted molar refractivity (Wildman–Crippen MR) is 74.1 cm³/mol. The fourth-order valence-electron chi connectivity index (χ4n) is 1.32. The average Bonchev–Trinajstić information content (AvgIpc) is 2.34. The Morgan fingerprint density at radius 3 is 2.89 bits per heavy atom. The Bertz CT molecular complexity index is 427. The molecule has 0 radical (unpaired) electrons. The third-order valence-electron chi connectivity index (χ3n) is 2.34. The number of aromatic nitrogens is 1. The molecule has 106 valence electrons. The molecule has 0 saturated heterocycles. The minimum absolute atomic E-state index is 0.0349. The molecule has 0 spiro atoms. The molecule has 0 aromatic carbocycles. The van der Waals surface area contributed by atoms with Crippen LogP contribution in [0.2, 0.25) is 5.02 Å². The molecule has 0 bridgehead atoms. The molecule has 0 amide bonds. The van der Waals surface area contributed by atoms with Crippen LogP contribution in [0.1, 0.15) is 10.4 Å². The summed E-state index contributed by atoms with van der Waals surface area (Å²) in [6.45, 7) is 2.52. The topological polar surface area (TPSA) is 74.7 Å². The van der Waals surface area contributed by atoms with E-state index >= 15 is 0 Å². The standard InChI is InChI=1S/C12H18ClN3O3/c1-16(2)6-8-19-7-5-15-11-10(13)9(12(17)18)3-4-14-11/h3-4H,5-8H2,1-2H3,(H,14,15)(H,17,18). The number of carboxylic acids is 1. The van der Waals surface area contributed by atoms with Crippen molar-refractivity contribution in [1.82, 2.24) is 9.88 Å². The molecule has 0 saturated carbocycles. The number of ether oxygens (including phenoxy) is 1. The number of nitrogens with zero attached hydrogens (tertiary/aromatic N) is 2. The maximum atomic E-state index is 10.9. The van der Waals surface area contributed by atoms with Gasteiger partial charge < -0.3 is 20.1 Å². The summed E-state index contributed by atoms with van der Waals surface area (Å²) in [7, 11) is 3.95. The molecule has 1 aromatic rings. The van der Waals surface area contributed by atoms with Crippen molar-refractivity contribution in [2.75, 3.05) is 45.7 Å². The second-order valence-corrected chi connectivity index (χ2v) is 4.55. The van der Waals surface area contributed by atoms with Gasteiger partial charge in [0.15, 0.2) is 0 Å². The zero-order chi connectivity index (χ0) is 14.3. The summed E-state index contributed by atoms with van der Waals surface area (Å²) in [6.07, 6.45) is 1.41. The van der Waals surface area contributed by atoms with Gasteiger partial charge in [-0.25, -0.2) is 9.78 Å². The third-order valence-corrected chi connectivity index (χ3v) is 2.72. The number of halogens is 1. The van der Waals surface area contributed by atoms with Crippen molar-refractivity contribution in [3.05, 3.63) is 22.8 Å². The molecular weight excluding hydrogens is 270 g/mol. The Balaban J connectivity index is 2.37. The fourth-order valence-corrected chi connectivity index (χ4v) is 1.58. The highest BCUT2D eigenvalue weighted by Gasteiger charge is 2.12. The molecule has 2 N–H and O–H groups in total. The van der Waals surface area contributed by atoms with Crippen LogP contribution in [-0.2, 0) is 4.74 Å². The van der Waals surface area contributed by atoms with Gasteiger partial charge in [0.05, 0.1) is 23.8 Å². The molecule has 1 aromatic heterocycles. The van der Waals surface area contributed by atoms with E-state index in [1.54, 1.807) is 0 Å². The smallest absolute Gasteiger partial charge is 0.337 e. The normalized spacial score (nSPS) is 10.7. The van der Waals surface area contributed by atoms with Crippen molar-refractivity contribution >= 4 is 23.4 Å². The Kier molecular flexibility index (Phi) is 6.55. The maximum absolute atomic E-state index is 10.9. The minimum atomic E-state index is -1.07. The van der Waals surface area contributed by atoms with Gasteiger partial charge >= 0.3 is 5.97 Å². The lowest BCUT2D eigenvalue weighted by Crippen LogP contribution is -2.20. The molecule has 1 rings (SSSR count). The summed E-state index contributed by atoms with van der Waals surface area (Å²) in [4.78, 5) is 16.9. The van der Waals surface area contributed by atoms with Gasteiger partial charge in [0.1, 0.15) is 5.82 Å². The summed E-state index contributed by atoms with van der Waals surface area (Å²) in [5, 5.41) is 12.0. The number of likely N-dealkylation sites (N-methyl/N-ethyl adjacent to an activating group) is 1. The predicted octanol–water partition coefficient (Wildman–Crippen LogP) is 1.42. The highest BCUT2D eigenvalue weighted by Crippen LogP contribution is 2.23. The number of pyridine rings is 1. The number of carbonyl (C=O) groups is 1. The van der Waals surface area contributed by atoms with Crippen molar-refractivity contribution in [3.63, 3.8) is 0 Å². The number of anilines is 1. The van der Waals surface area contributed by atoms with E-state index in [-0.39, 0.29) is 10.6 Å². The molecule has 0 unspecified atom stereocenters. The van der Waals surface area contributed by atoms with E-state index in [1.807, 2.05) is 19.0 Å². The Hall–Kier alpha value is -1.37. The van der Waals surface area contributed by atoms with E-state index < -0.39 is 5.97 Å². The second-order valence-electron chi connectivity index (χ2n) is 4.17. The summed E-state index contributed by atoms with van der Waals surface area (Å²) in [5.41, 5.74) is 0.0349. The van der Waals surface area contributed by atoms with E-state index in [4.69, 9.17) is 21.4 Å². The molecule has 0 aliphatic rings. The van der Waals surface area contributed by atoms with Crippen LogP contribution in [0.25, 0.3) is 0 Å². The second kappa shape index (κ2) is 7.93. The third kappa shape index (κ3) is 5.42. The van der Waals surface area contributed by atoms with Gasteiger partial charge in [-0.2, -0.15) is 0 Å². The molecular formula is C12H18ClN3O3. The van der Waals surface area contributed by atoms with Crippen LogP contribution in [0, 0.1) is 0 Å². The lowest BCUT2D eigenvalue weighted by Gasteiger charge is -2.11. The summed E-state index contributed by atoms with van der Waals surface area (Å²) < 4.78 is 5.39. The van der Waals surface area contributed by atoms with Gasteiger partial charge in [0, 0.05) is 19.3 Å². The lowest BCUT2D eigenvalue weighted by molar-refractivity contribution is 0.0697. The van der Waals surface area contributed by atoms with E-state index in [9.17, 15) is 4.79 Å². The highest BCUT2D eigenvalue weighted by atomic mass is 35.5. The van der Waals surface area contributed by atoms with Crippen LogP contribution < -0.4 is 5.32 Å². The fraction of sp³-hybridized carbons (Fsp3) is 0.500. The van der Waals surface area contributed by atoms with Crippen molar-refractivity contribution in [3.8, 4) is 0 Å². The summed E-state index contributed by atoms with van der Waals surface area (Å²) in [6, 6.07) is 1.36. The number of aromatic carboxylic acids is 1. The van der Waals surface area contributed by atoms with Gasteiger partial charge in [-0.3, -0.25) is 0 Å². The molecule has 6 nitrogen and oxygen atoms in total. The molecule has 0 atom stereocenters.